The van der Waals surface area contributed by atoms with E-state index in [1.165, 1.54) is 3.57 Å². The number of thiocarbonyl (C=S) groups is 1. The second kappa shape index (κ2) is 9.95. The molecule has 0 atom stereocenters. The Morgan fingerprint density at radius 3 is 2.35 bits per heavy atom. The molecule has 0 unspecified atom stereocenters. The van der Waals surface area contributed by atoms with Gasteiger partial charge >= 0.3 is 0 Å². The normalized spacial score (nSPS) is 18.4. The Morgan fingerprint density at radius 2 is 1.65 bits per heavy atom. The van der Waals surface area contributed by atoms with Gasteiger partial charge in [-0.25, -0.2) is 4.98 Å². The van der Waals surface area contributed by atoms with Gasteiger partial charge in [0.1, 0.15) is 5.82 Å². The molecule has 1 aromatic heterocycles. The minimum absolute atomic E-state index is 0.368. The van der Waals surface area contributed by atoms with Crippen LogP contribution in [0.1, 0.15) is 25.7 Å². The Kier molecular flexibility index (Phi) is 7.06. The fourth-order valence-electron chi connectivity index (χ4n) is 3.92. The quantitative estimate of drug-likeness (QED) is 0.307. The van der Waals surface area contributed by atoms with Gasteiger partial charge in [-0.05, 0) is 96.9 Å². The van der Waals surface area contributed by atoms with Gasteiger partial charge in [0.25, 0.3) is 0 Å². The van der Waals surface area contributed by atoms with E-state index < -0.39 is 0 Å². The van der Waals surface area contributed by atoms with Gasteiger partial charge < -0.3 is 20.9 Å². The van der Waals surface area contributed by atoms with Gasteiger partial charge in [0.05, 0.1) is 5.52 Å². The molecule has 1 aliphatic rings. The summed E-state index contributed by atoms with van der Waals surface area (Å²) in [5, 5.41) is 12.1. The topological polar surface area (TPSA) is 65.1 Å². The SMILES string of the molecule is CN(C)c1nc(NC2CCC(NC(=S)Nc3ccc(I)cc3)CC2)nc2ccccc12. The summed E-state index contributed by atoms with van der Waals surface area (Å²) in [7, 11) is 4.03. The van der Waals surface area contributed by atoms with Gasteiger partial charge in [0.2, 0.25) is 5.95 Å². The van der Waals surface area contributed by atoms with E-state index in [1.54, 1.807) is 0 Å². The Bertz CT molecular complexity index is 1050. The fraction of sp³-hybridized carbons (Fsp3) is 0.348. The smallest absolute Gasteiger partial charge is 0.225 e. The number of halogens is 1. The average Bonchev–Trinajstić information content (AvgIpc) is 2.76. The van der Waals surface area contributed by atoms with Crippen LogP contribution in [0.3, 0.4) is 0 Å². The number of nitrogens with zero attached hydrogens (tertiary/aromatic N) is 3. The van der Waals surface area contributed by atoms with Crippen LogP contribution in [-0.2, 0) is 0 Å². The van der Waals surface area contributed by atoms with Crippen molar-refractivity contribution in [3.05, 3.63) is 52.1 Å². The number of aromatic nitrogens is 2. The van der Waals surface area contributed by atoms with Crippen molar-refractivity contribution < 1.29 is 0 Å². The lowest BCUT2D eigenvalue weighted by Gasteiger charge is -2.30. The summed E-state index contributed by atoms with van der Waals surface area (Å²) in [6, 6.07) is 17.1. The molecule has 1 fully saturated rings. The molecule has 31 heavy (non-hydrogen) atoms. The van der Waals surface area contributed by atoms with Crippen LogP contribution in [-0.4, -0.2) is 41.3 Å². The molecular weight excluding hydrogens is 519 g/mol. The third-order valence-corrected chi connectivity index (χ3v) is 6.44. The van der Waals surface area contributed by atoms with Crippen molar-refractivity contribution in [1.82, 2.24) is 15.3 Å². The van der Waals surface area contributed by atoms with E-state index in [0.29, 0.717) is 23.1 Å². The lowest BCUT2D eigenvalue weighted by Crippen LogP contribution is -2.42. The molecule has 4 rings (SSSR count). The summed E-state index contributed by atoms with van der Waals surface area (Å²) in [4.78, 5) is 11.5. The maximum Gasteiger partial charge on any atom is 0.225 e. The molecule has 3 aromatic rings. The molecule has 0 bridgehead atoms. The van der Waals surface area contributed by atoms with E-state index >= 15 is 0 Å². The number of anilines is 3. The molecule has 0 spiro atoms. The molecule has 162 valence electrons. The van der Waals surface area contributed by atoms with Gasteiger partial charge in [-0.2, -0.15) is 4.98 Å². The molecule has 0 aliphatic heterocycles. The van der Waals surface area contributed by atoms with Crippen LogP contribution in [0.2, 0.25) is 0 Å². The highest BCUT2D eigenvalue weighted by molar-refractivity contribution is 14.1. The van der Waals surface area contributed by atoms with Gasteiger partial charge in [0.15, 0.2) is 5.11 Å². The van der Waals surface area contributed by atoms with Gasteiger partial charge in [-0.1, -0.05) is 12.1 Å². The molecule has 1 heterocycles. The second-order valence-electron chi connectivity index (χ2n) is 8.08. The van der Waals surface area contributed by atoms with Gasteiger partial charge in [-0.3, -0.25) is 0 Å². The lowest BCUT2D eigenvalue weighted by atomic mass is 9.91. The van der Waals surface area contributed by atoms with Crippen LogP contribution in [0.4, 0.5) is 17.5 Å². The molecule has 3 N–H and O–H groups in total. The van der Waals surface area contributed by atoms with Crippen molar-refractivity contribution in [2.45, 2.75) is 37.8 Å². The summed E-state index contributed by atoms with van der Waals surface area (Å²) in [6.45, 7) is 0. The number of benzene rings is 2. The highest BCUT2D eigenvalue weighted by atomic mass is 127. The molecule has 2 aromatic carbocycles. The van der Waals surface area contributed by atoms with Crippen molar-refractivity contribution in [1.29, 1.82) is 0 Å². The molecule has 0 saturated heterocycles. The zero-order valence-corrected chi connectivity index (χ0v) is 20.7. The maximum absolute atomic E-state index is 5.50. The van der Waals surface area contributed by atoms with Crippen LogP contribution < -0.4 is 20.9 Å². The largest absolute Gasteiger partial charge is 0.362 e. The number of para-hydroxylation sites is 1. The highest BCUT2D eigenvalue weighted by Crippen LogP contribution is 2.26. The summed E-state index contributed by atoms with van der Waals surface area (Å²) >= 11 is 7.80. The minimum atomic E-state index is 0.368. The number of nitrogens with one attached hydrogen (secondary N) is 3. The van der Waals surface area contributed by atoms with Crippen molar-refractivity contribution in [3.8, 4) is 0 Å². The number of fused-ring (bicyclic) bond motifs is 1. The predicted molar refractivity (Wildman–Crippen MR) is 142 cm³/mol. The minimum Gasteiger partial charge on any atom is -0.362 e. The summed E-state index contributed by atoms with van der Waals surface area (Å²) in [5.74, 6) is 1.64. The molecule has 1 aliphatic carbocycles. The van der Waals surface area contributed by atoms with Crippen molar-refractivity contribution in [2.75, 3.05) is 29.6 Å². The number of hydrogen-bond acceptors (Lipinski definition) is 5. The third kappa shape index (κ3) is 5.74. The second-order valence-corrected chi connectivity index (χ2v) is 9.73. The van der Waals surface area contributed by atoms with Crippen LogP contribution in [0.25, 0.3) is 10.9 Å². The predicted octanol–water partition coefficient (Wildman–Crippen LogP) is 5.01. The van der Waals surface area contributed by atoms with Crippen LogP contribution >= 0.6 is 34.8 Å². The van der Waals surface area contributed by atoms with Crippen LogP contribution in [0.15, 0.2) is 48.5 Å². The zero-order valence-electron chi connectivity index (χ0n) is 17.7. The summed E-state index contributed by atoms with van der Waals surface area (Å²) in [6.07, 6.45) is 4.22. The van der Waals surface area contributed by atoms with Crippen molar-refractivity contribution in [2.24, 2.45) is 0 Å². The highest BCUT2D eigenvalue weighted by Gasteiger charge is 2.22. The van der Waals surface area contributed by atoms with E-state index in [-0.39, 0.29) is 0 Å². The van der Waals surface area contributed by atoms with Gasteiger partial charge in [-0.15, -0.1) is 0 Å². The Morgan fingerprint density at radius 1 is 0.968 bits per heavy atom. The van der Waals surface area contributed by atoms with Crippen LogP contribution in [0.5, 0.6) is 0 Å². The van der Waals surface area contributed by atoms with E-state index in [2.05, 4.69) is 56.7 Å². The van der Waals surface area contributed by atoms with E-state index in [9.17, 15) is 0 Å². The molecule has 0 radical (unpaired) electrons. The van der Waals surface area contributed by atoms with E-state index in [1.807, 2.05) is 49.3 Å². The first-order valence-corrected chi connectivity index (χ1v) is 12.0. The number of hydrogen-bond donors (Lipinski definition) is 3. The van der Waals surface area contributed by atoms with Crippen molar-refractivity contribution in [3.63, 3.8) is 0 Å². The molecule has 0 amide bonds. The number of rotatable bonds is 5. The Hall–Kier alpha value is -2.20. The maximum atomic E-state index is 5.50. The van der Waals surface area contributed by atoms with Gasteiger partial charge in [0, 0.05) is 40.8 Å². The third-order valence-electron chi connectivity index (χ3n) is 5.50. The van der Waals surface area contributed by atoms with Crippen LogP contribution in [0, 0.1) is 3.57 Å². The van der Waals surface area contributed by atoms with E-state index in [0.717, 1.165) is 48.1 Å². The fourth-order valence-corrected chi connectivity index (χ4v) is 4.56. The summed E-state index contributed by atoms with van der Waals surface area (Å²) < 4.78 is 1.21. The first kappa shape index (κ1) is 22.0. The summed E-state index contributed by atoms with van der Waals surface area (Å²) in [5.41, 5.74) is 1.98. The standard InChI is InChI=1S/C23H27IN6S/c1-30(2)21-19-5-3-4-6-20(19)28-22(29-21)25-16-11-13-18(14-12-16)27-23(31)26-17-9-7-15(24)8-10-17/h3-10,16,18H,11-14H2,1-2H3,(H,25,28,29)(H2,26,27,31). The first-order valence-electron chi connectivity index (χ1n) is 10.5. The molecular formula is C23H27IN6S. The molecule has 8 heteroatoms. The van der Waals surface area contributed by atoms with E-state index in [4.69, 9.17) is 22.2 Å². The lowest BCUT2D eigenvalue weighted by molar-refractivity contribution is 0.387. The monoisotopic (exact) mass is 546 g/mol. The Balaban J connectivity index is 1.32. The molecule has 6 nitrogen and oxygen atoms in total. The van der Waals surface area contributed by atoms with Crippen molar-refractivity contribution >= 4 is 68.3 Å². The average molecular weight is 546 g/mol. The first-order chi connectivity index (χ1) is 15.0. The zero-order chi connectivity index (χ0) is 21.8. The Labute approximate surface area is 202 Å². The molecule has 1 saturated carbocycles.